The second-order valence-electron chi connectivity index (χ2n) is 5.47. The number of aryl methyl sites for hydroxylation is 1. The number of fused-ring (bicyclic) bond motifs is 1. The Labute approximate surface area is 112 Å². The summed E-state index contributed by atoms with van der Waals surface area (Å²) in [4.78, 5) is 11.3. The first-order valence-corrected chi connectivity index (χ1v) is 6.21. The molecule has 0 aliphatic carbocycles. The number of carboxylic acid groups (broad SMARTS) is 1. The lowest BCUT2D eigenvalue weighted by molar-refractivity contribution is -0.146. The summed E-state index contributed by atoms with van der Waals surface area (Å²) in [6.07, 6.45) is 2.41. The summed E-state index contributed by atoms with van der Waals surface area (Å²) >= 11 is 0. The zero-order valence-electron chi connectivity index (χ0n) is 11.7. The third-order valence-corrected chi connectivity index (χ3v) is 3.55. The zero-order valence-corrected chi connectivity index (χ0v) is 11.7. The summed E-state index contributed by atoms with van der Waals surface area (Å²) in [5.74, 6) is -0.0597. The molecule has 0 bridgehead atoms. The maximum Gasteiger partial charge on any atom is 0.309 e. The molecule has 19 heavy (non-hydrogen) atoms. The van der Waals surface area contributed by atoms with Crippen molar-refractivity contribution < 1.29 is 14.6 Å². The minimum Gasteiger partial charge on any atom is -0.496 e. The van der Waals surface area contributed by atoms with Gasteiger partial charge in [-0.2, -0.15) is 0 Å². The Bertz CT molecular complexity index is 626. The van der Waals surface area contributed by atoms with E-state index >= 15 is 0 Å². The summed E-state index contributed by atoms with van der Waals surface area (Å²) in [5, 5.41) is 10.3. The van der Waals surface area contributed by atoms with E-state index in [0.717, 1.165) is 22.2 Å². The average Bonchev–Trinajstić information content (AvgIpc) is 2.71. The molecule has 0 saturated carbocycles. The largest absolute Gasteiger partial charge is 0.496 e. The molecule has 2 rings (SSSR count). The predicted molar refractivity (Wildman–Crippen MR) is 74.6 cm³/mol. The number of nitrogens with zero attached hydrogens (tertiary/aromatic N) is 1. The molecule has 0 spiro atoms. The Morgan fingerprint density at radius 1 is 1.37 bits per heavy atom. The molecular formula is C15H19NO3. The molecule has 1 aromatic heterocycles. The van der Waals surface area contributed by atoms with Gasteiger partial charge in [0.15, 0.2) is 0 Å². The molecule has 0 fully saturated rings. The molecule has 0 aliphatic heterocycles. The summed E-state index contributed by atoms with van der Waals surface area (Å²) in [6, 6.07) is 5.89. The highest BCUT2D eigenvalue weighted by atomic mass is 16.5. The van der Waals surface area contributed by atoms with Gasteiger partial charge >= 0.3 is 5.97 Å². The van der Waals surface area contributed by atoms with Crippen LogP contribution in [0.3, 0.4) is 0 Å². The van der Waals surface area contributed by atoms with Crippen molar-refractivity contribution in [2.45, 2.75) is 20.3 Å². The molecule has 1 aromatic carbocycles. The number of aromatic nitrogens is 1. The van der Waals surface area contributed by atoms with Crippen molar-refractivity contribution in [2.75, 3.05) is 7.11 Å². The fraction of sp³-hybridized carbons (Fsp3) is 0.400. The number of rotatable bonds is 4. The smallest absolute Gasteiger partial charge is 0.309 e. The Morgan fingerprint density at radius 2 is 2.05 bits per heavy atom. The van der Waals surface area contributed by atoms with Crippen molar-refractivity contribution in [3.05, 3.63) is 30.0 Å². The minimum absolute atomic E-state index is 0.437. The number of carboxylic acids is 1. The lowest BCUT2D eigenvalue weighted by Gasteiger charge is -2.21. The summed E-state index contributed by atoms with van der Waals surface area (Å²) < 4.78 is 7.41. The summed E-state index contributed by atoms with van der Waals surface area (Å²) in [5.41, 5.74) is 1.21. The molecule has 0 unspecified atom stereocenters. The summed E-state index contributed by atoms with van der Waals surface area (Å²) in [7, 11) is 3.59. The van der Waals surface area contributed by atoms with E-state index in [2.05, 4.69) is 0 Å². The van der Waals surface area contributed by atoms with E-state index in [9.17, 15) is 9.90 Å². The van der Waals surface area contributed by atoms with E-state index in [-0.39, 0.29) is 0 Å². The van der Waals surface area contributed by atoms with Gasteiger partial charge in [-0.3, -0.25) is 4.79 Å². The molecule has 0 radical (unpaired) electrons. The van der Waals surface area contributed by atoms with Crippen molar-refractivity contribution in [1.82, 2.24) is 4.57 Å². The number of hydrogen-bond donors (Lipinski definition) is 1. The van der Waals surface area contributed by atoms with Gasteiger partial charge in [-0.15, -0.1) is 0 Å². The first-order chi connectivity index (χ1) is 8.86. The van der Waals surface area contributed by atoms with Crippen LogP contribution in [-0.2, 0) is 18.3 Å². The third kappa shape index (κ3) is 2.30. The molecule has 4 nitrogen and oxygen atoms in total. The summed E-state index contributed by atoms with van der Waals surface area (Å²) in [6.45, 7) is 3.47. The van der Waals surface area contributed by atoms with Gasteiger partial charge in [0.1, 0.15) is 5.75 Å². The van der Waals surface area contributed by atoms with Crippen LogP contribution < -0.4 is 4.74 Å². The predicted octanol–water partition coefficient (Wildman–Crippen LogP) is 2.84. The SMILES string of the molecule is COc1ccc2c(ccn2C)c1CC(C)(C)C(=O)O. The molecule has 0 atom stereocenters. The Morgan fingerprint density at radius 3 is 2.63 bits per heavy atom. The monoisotopic (exact) mass is 261 g/mol. The molecule has 0 saturated heterocycles. The van der Waals surface area contributed by atoms with Gasteiger partial charge in [0, 0.05) is 29.7 Å². The van der Waals surface area contributed by atoms with Crippen LogP contribution in [0, 0.1) is 5.41 Å². The average molecular weight is 261 g/mol. The van der Waals surface area contributed by atoms with Gasteiger partial charge in [-0.25, -0.2) is 0 Å². The molecular weight excluding hydrogens is 242 g/mol. The molecule has 0 aliphatic rings. The van der Waals surface area contributed by atoms with Gasteiger partial charge in [-0.05, 0) is 38.5 Å². The zero-order chi connectivity index (χ0) is 14.2. The molecule has 1 N–H and O–H groups in total. The molecule has 2 aromatic rings. The van der Waals surface area contributed by atoms with Crippen LogP contribution in [0.4, 0.5) is 0 Å². The van der Waals surface area contributed by atoms with Crippen LogP contribution >= 0.6 is 0 Å². The second kappa shape index (κ2) is 4.61. The fourth-order valence-corrected chi connectivity index (χ4v) is 2.28. The number of aliphatic carboxylic acids is 1. The molecule has 1 heterocycles. The first kappa shape index (κ1) is 13.5. The Balaban J connectivity index is 2.59. The van der Waals surface area contributed by atoms with Crippen molar-refractivity contribution in [1.29, 1.82) is 0 Å². The van der Waals surface area contributed by atoms with Crippen LogP contribution in [0.25, 0.3) is 10.9 Å². The highest BCUT2D eigenvalue weighted by Crippen LogP contribution is 2.34. The lowest BCUT2D eigenvalue weighted by Crippen LogP contribution is -2.26. The van der Waals surface area contributed by atoms with Gasteiger partial charge in [0.25, 0.3) is 0 Å². The van der Waals surface area contributed by atoms with Crippen molar-refractivity contribution in [3.8, 4) is 5.75 Å². The maximum absolute atomic E-state index is 11.3. The van der Waals surface area contributed by atoms with Gasteiger partial charge in [0.2, 0.25) is 0 Å². The number of methoxy groups -OCH3 is 1. The normalized spacial score (nSPS) is 11.8. The van der Waals surface area contributed by atoms with Crippen LogP contribution in [0.5, 0.6) is 5.75 Å². The van der Waals surface area contributed by atoms with E-state index in [1.54, 1.807) is 21.0 Å². The number of benzene rings is 1. The standard InChI is InChI=1S/C15H19NO3/c1-15(2,14(17)18)9-11-10-7-8-16(3)12(10)5-6-13(11)19-4/h5-8H,9H2,1-4H3,(H,17,18). The number of ether oxygens (including phenoxy) is 1. The van der Waals surface area contributed by atoms with E-state index in [1.807, 2.05) is 36.0 Å². The number of carbonyl (C=O) groups is 1. The first-order valence-electron chi connectivity index (χ1n) is 6.21. The van der Waals surface area contributed by atoms with E-state index in [1.165, 1.54) is 0 Å². The Hall–Kier alpha value is -1.97. The van der Waals surface area contributed by atoms with Crippen LogP contribution in [0.2, 0.25) is 0 Å². The van der Waals surface area contributed by atoms with Crippen LogP contribution in [0.15, 0.2) is 24.4 Å². The topological polar surface area (TPSA) is 51.5 Å². The van der Waals surface area contributed by atoms with Crippen LogP contribution in [-0.4, -0.2) is 22.8 Å². The highest BCUT2D eigenvalue weighted by Gasteiger charge is 2.29. The Kier molecular flexibility index (Phi) is 3.27. The lowest BCUT2D eigenvalue weighted by atomic mass is 9.84. The van der Waals surface area contributed by atoms with E-state index in [4.69, 9.17) is 4.74 Å². The van der Waals surface area contributed by atoms with Gasteiger partial charge < -0.3 is 14.4 Å². The van der Waals surface area contributed by atoms with Gasteiger partial charge in [-0.1, -0.05) is 0 Å². The van der Waals surface area contributed by atoms with Gasteiger partial charge in [0.05, 0.1) is 12.5 Å². The second-order valence-corrected chi connectivity index (χ2v) is 5.47. The highest BCUT2D eigenvalue weighted by molar-refractivity contribution is 5.87. The third-order valence-electron chi connectivity index (χ3n) is 3.55. The van der Waals surface area contributed by atoms with Crippen molar-refractivity contribution >= 4 is 16.9 Å². The fourth-order valence-electron chi connectivity index (χ4n) is 2.28. The molecule has 0 amide bonds. The molecule has 4 heteroatoms. The minimum atomic E-state index is -0.822. The van der Waals surface area contributed by atoms with Crippen LogP contribution in [0.1, 0.15) is 19.4 Å². The van der Waals surface area contributed by atoms with Crippen molar-refractivity contribution in [2.24, 2.45) is 12.5 Å². The maximum atomic E-state index is 11.3. The quantitative estimate of drug-likeness (QED) is 0.920. The van der Waals surface area contributed by atoms with Crippen molar-refractivity contribution in [3.63, 3.8) is 0 Å². The van der Waals surface area contributed by atoms with E-state index in [0.29, 0.717) is 6.42 Å². The molecule has 102 valence electrons. The number of hydrogen-bond acceptors (Lipinski definition) is 2. The van der Waals surface area contributed by atoms with E-state index < -0.39 is 11.4 Å².